The summed E-state index contributed by atoms with van der Waals surface area (Å²) < 4.78 is 0. The SMILES string of the molecule is CN(c1nc(N)ncc1Cl)C(C)(C)CO. The Morgan fingerprint density at radius 2 is 2.20 bits per heavy atom. The standard InChI is InChI=1S/C9H15ClN4O/c1-9(2,5-15)14(3)7-6(10)4-12-8(11)13-7/h4,15H,5H2,1-3H3,(H2,11,12,13). The molecule has 84 valence electrons. The normalized spacial score (nSPS) is 11.5. The molecule has 0 aliphatic carbocycles. The van der Waals surface area contributed by atoms with Crippen molar-refractivity contribution >= 4 is 23.4 Å². The van der Waals surface area contributed by atoms with Gasteiger partial charge in [-0.05, 0) is 13.8 Å². The van der Waals surface area contributed by atoms with Crippen molar-refractivity contribution in [3.8, 4) is 0 Å². The van der Waals surface area contributed by atoms with E-state index < -0.39 is 5.54 Å². The molecule has 1 heterocycles. The molecule has 0 aromatic carbocycles. The summed E-state index contributed by atoms with van der Waals surface area (Å²) in [5.74, 6) is 0.679. The highest BCUT2D eigenvalue weighted by molar-refractivity contribution is 6.32. The lowest BCUT2D eigenvalue weighted by Crippen LogP contribution is -2.45. The fourth-order valence-corrected chi connectivity index (χ4v) is 1.22. The number of nitrogens with two attached hydrogens (primary N) is 1. The van der Waals surface area contributed by atoms with E-state index in [1.807, 2.05) is 13.8 Å². The van der Waals surface area contributed by atoms with E-state index in [2.05, 4.69) is 9.97 Å². The zero-order valence-corrected chi connectivity index (χ0v) is 9.78. The van der Waals surface area contributed by atoms with Crippen LogP contribution in [0.3, 0.4) is 0 Å². The van der Waals surface area contributed by atoms with Gasteiger partial charge >= 0.3 is 0 Å². The minimum atomic E-state index is -0.454. The predicted octanol–water partition coefficient (Wildman–Crippen LogP) is 0.919. The monoisotopic (exact) mass is 230 g/mol. The minimum absolute atomic E-state index is 0.0102. The highest BCUT2D eigenvalue weighted by atomic mass is 35.5. The lowest BCUT2D eigenvalue weighted by molar-refractivity contribution is 0.215. The molecule has 0 amide bonds. The summed E-state index contributed by atoms with van der Waals surface area (Å²) in [6, 6.07) is 0. The molecule has 15 heavy (non-hydrogen) atoms. The first-order valence-electron chi connectivity index (χ1n) is 4.51. The number of aliphatic hydroxyl groups excluding tert-OH is 1. The van der Waals surface area contributed by atoms with Gasteiger partial charge in [0.05, 0.1) is 18.3 Å². The molecular weight excluding hydrogens is 216 g/mol. The van der Waals surface area contributed by atoms with Crippen LogP contribution in [0.5, 0.6) is 0 Å². The van der Waals surface area contributed by atoms with Gasteiger partial charge in [0.25, 0.3) is 0 Å². The Hall–Kier alpha value is -1.07. The second-order valence-electron chi connectivity index (χ2n) is 3.93. The van der Waals surface area contributed by atoms with Gasteiger partial charge in [0, 0.05) is 7.05 Å². The average Bonchev–Trinajstić information content (AvgIpc) is 2.20. The first-order valence-corrected chi connectivity index (χ1v) is 4.89. The van der Waals surface area contributed by atoms with Gasteiger partial charge in [-0.15, -0.1) is 0 Å². The summed E-state index contributed by atoms with van der Waals surface area (Å²) in [7, 11) is 1.80. The van der Waals surface area contributed by atoms with Crippen LogP contribution in [0.15, 0.2) is 6.20 Å². The van der Waals surface area contributed by atoms with Crippen molar-refractivity contribution in [2.75, 3.05) is 24.3 Å². The van der Waals surface area contributed by atoms with Gasteiger partial charge in [-0.2, -0.15) is 4.98 Å². The molecule has 1 aromatic rings. The Kier molecular flexibility index (Phi) is 3.36. The third-order valence-electron chi connectivity index (χ3n) is 2.36. The van der Waals surface area contributed by atoms with E-state index in [-0.39, 0.29) is 12.6 Å². The topological polar surface area (TPSA) is 75.3 Å². The Morgan fingerprint density at radius 1 is 1.60 bits per heavy atom. The molecule has 0 aliphatic rings. The molecule has 0 fully saturated rings. The van der Waals surface area contributed by atoms with Crippen LogP contribution in [0.1, 0.15) is 13.8 Å². The van der Waals surface area contributed by atoms with E-state index in [9.17, 15) is 5.11 Å². The van der Waals surface area contributed by atoms with Crippen LogP contribution in [0.2, 0.25) is 5.02 Å². The number of nitrogens with zero attached hydrogens (tertiary/aromatic N) is 3. The fraction of sp³-hybridized carbons (Fsp3) is 0.556. The molecule has 3 N–H and O–H groups in total. The summed E-state index contributed by atoms with van der Waals surface area (Å²) in [5, 5.41) is 9.64. The highest BCUT2D eigenvalue weighted by Crippen LogP contribution is 2.27. The molecule has 0 radical (unpaired) electrons. The molecule has 5 nitrogen and oxygen atoms in total. The van der Waals surface area contributed by atoms with Gasteiger partial charge in [0.1, 0.15) is 5.02 Å². The second-order valence-corrected chi connectivity index (χ2v) is 4.34. The van der Waals surface area contributed by atoms with E-state index >= 15 is 0 Å². The Bertz CT molecular complexity index is 356. The van der Waals surface area contributed by atoms with Crippen molar-refractivity contribution in [1.82, 2.24) is 9.97 Å². The predicted molar refractivity (Wildman–Crippen MR) is 61.0 cm³/mol. The van der Waals surface area contributed by atoms with Gasteiger partial charge in [-0.3, -0.25) is 0 Å². The Morgan fingerprint density at radius 3 is 2.73 bits per heavy atom. The number of aliphatic hydroxyl groups is 1. The van der Waals surface area contributed by atoms with Crippen LogP contribution in [0.4, 0.5) is 11.8 Å². The van der Waals surface area contributed by atoms with Gasteiger partial charge < -0.3 is 15.7 Å². The molecular formula is C9H15ClN4O. The summed E-state index contributed by atoms with van der Waals surface area (Å²) in [4.78, 5) is 9.58. The molecule has 1 aromatic heterocycles. The zero-order valence-electron chi connectivity index (χ0n) is 9.03. The van der Waals surface area contributed by atoms with Gasteiger partial charge in [-0.1, -0.05) is 11.6 Å². The molecule has 0 saturated heterocycles. The summed E-state index contributed by atoms with van der Waals surface area (Å²) in [6.45, 7) is 3.74. The summed E-state index contributed by atoms with van der Waals surface area (Å²) in [5.41, 5.74) is 5.03. The van der Waals surface area contributed by atoms with Gasteiger partial charge in [0.15, 0.2) is 5.82 Å². The molecule has 0 aliphatic heterocycles. The summed E-state index contributed by atoms with van der Waals surface area (Å²) in [6.07, 6.45) is 1.45. The fourth-order valence-electron chi connectivity index (χ4n) is 0.999. The molecule has 0 unspecified atom stereocenters. The number of rotatable bonds is 3. The van der Waals surface area contributed by atoms with E-state index in [0.29, 0.717) is 10.8 Å². The van der Waals surface area contributed by atoms with Crippen LogP contribution in [0, 0.1) is 0 Å². The van der Waals surface area contributed by atoms with Gasteiger partial charge in [-0.25, -0.2) is 4.98 Å². The molecule has 0 saturated carbocycles. The van der Waals surface area contributed by atoms with E-state index in [4.69, 9.17) is 17.3 Å². The maximum Gasteiger partial charge on any atom is 0.222 e. The van der Waals surface area contributed by atoms with Crippen molar-refractivity contribution in [2.24, 2.45) is 0 Å². The Labute approximate surface area is 93.9 Å². The number of likely N-dealkylation sites (N-methyl/N-ethyl adjacent to an activating group) is 1. The lowest BCUT2D eigenvalue weighted by atomic mass is 10.1. The number of hydrogen-bond acceptors (Lipinski definition) is 5. The first kappa shape index (κ1) is 12.0. The van der Waals surface area contributed by atoms with Crippen molar-refractivity contribution in [3.05, 3.63) is 11.2 Å². The van der Waals surface area contributed by atoms with Gasteiger partial charge in [0.2, 0.25) is 5.95 Å². The number of aromatic nitrogens is 2. The first-order chi connectivity index (χ1) is 6.88. The maximum atomic E-state index is 9.23. The lowest BCUT2D eigenvalue weighted by Gasteiger charge is -2.35. The third kappa shape index (κ3) is 2.49. The molecule has 6 heteroatoms. The van der Waals surface area contributed by atoms with Crippen LogP contribution in [-0.2, 0) is 0 Å². The molecule has 0 spiro atoms. The zero-order chi connectivity index (χ0) is 11.6. The number of halogens is 1. The number of anilines is 2. The van der Waals surface area contributed by atoms with Crippen molar-refractivity contribution in [3.63, 3.8) is 0 Å². The minimum Gasteiger partial charge on any atom is -0.394 e. The van der Waals surface area contributed by atoms with Crippen molar-refractivity contribution in [1.29, 1.82) is 0 Å². The highest BCUT2D eigenvalue weighted by Gasteiger charge is 2.25. The van der Waals surface area contributed by atoms with Crippen LogP contribution in [-0.4, -0.2) is 34.3 Å². The summed E-state index contributed by atoms with van der Waals surface area (Å²) >= 11 is 5.95. The van der Waals surface area contributed by atoms with E-state index in [1.54, 1.807) is 11.9 Å². The van der Waals surface area contributed by atoms with Crippen LogP contribution in [0.25, 0.3) is 0 Å². The molecule has 0 atom stereocenters. The Balaban J connectivity index is 3.10. The smallest absolute Gasteiger partial charge is 0.222 e. The van der Waals surface area contributed by atoms with Crippen LogP contribution < -0.4 is 10.6 Å². The largest absolute Gasteiger partial charge is 0.394 e. The van der Waals surface area contributed by atoms with Crippen molar-refractivity contribution < 1.29 is 5.11 Å². The molecule has 1 rings (SSSR count). The number of hydrogen-bond donors (Lipinski definition) is 2. The maximum absolute atomic E-state index is 9.23. The second kappa shape index (κ2) is 4.20. The van der Waals surface area contributed by atoms with E-state index in [1.165, 1.54) is 6.20 Å². The third-order valence-corrected chi connectivity index (χ3v) is 2.62. The quantitative estimate of drug-likeness (QED) is 0.808. The van der Waals surface area contributed by atoms with Crippen LogP contribution >= 0.6 is 11.6 Å². The average molecular weight is 231 g/mol. The number of nitrogen functional groups attached to an aromatic ring is 1. The van der Waals surface area contributed by atoms with Crippen molar-refractivity contribution in [2.45, 2.75) is 19.4 Å². The molecule has 0 bridgehead atoms. The van der Waals surface area contributed by atoms with E-state index in [0.717, 1.165) is 0 Å².